The zero-order valence-corrected chi connectivity index (χ0v) is 11.7. The van der Waals surface area contributed by atoms with Crippen LogP contribution < -0.4 is 0 Å². The number of rotatable bonds is 3. The van der Waals surface area contributed by atoms with Crippen molar-refractivity contribution in [1.29, 1.82) is 0 Å². The Morgan fingerprint density at radius 1 is 1.26 bits per heavy atom. The second-order valence-corrected chi connectivity index (χ2v) is 7.25. The molecule has 2 rings (SSSR count). The first-order chi connectivity index (χ1) is 8.78. The fourth-order valence-corrected chi connectivity index (χ4v) is 3.66. The monoisotopic (exact) mass is 287 g/mol. The standard InChI is InChI=1S/C13H18FNO3S/c1-13(16)6-8-15(9-7-13)19(17,18)10-11-2-4-12(14)5-3-11/h2-5,16H,6-10H2,1H3. The number of hydrogen-bond acceptors (Lipinski definition) is 3. The van der Waals surface area contributed by atoms with Crippen molar-refractivity contribution in [3.63, 3.8) is 0 Å². The van der Waals surface area contributed by atoms with E-state index in [1.54, 1.807) is 6.92 Å². The maximum atomic E-state index is 12.8. The minimum absolute atomic E-state index is 0.130. The molecule has 0 atom stereocenters. The molecule has 1 heterocycles. The lowest BCUT2D eigenvalue weighted by Gasteiger charge is -2.35. The van der Waals surface area contributed by atoms with Gasteiger partial charge in [-0.3, -0.25) is 0 Å². The third-order valence-electron chi connectivity index (χ3n) is 3.46. The summed E-state index contributed by atoms with van der Waals surface area (Å²) in [5.41, 5.74) is -0.208. The van der Waals surface area contributed by atoms with E-state index >= 15 is 0 Å². The molecule has 0 saturated carbocycles. The van der Waals surface area contributed by atoms with E-state index < -0.39 is 15.6 Å². The third-order valence-corrected chi connectivity index (χ3v) is 5.31. The summed E-state index contributed by atoms with van der Waals surface area (Å²) in [6.45, 7) is 2.38. The maximum absolute atomic E-state index is 12.8. The average Bonchev–Trinajstić information content (AvgIpc) is 2.31. The molecule has 1 saturated heterocycles. The smallest absolute Gasteiger partial charge is 0.218 e. The van der Waals surface area contributed by atoms with Gasteiger partial charge in [-0.05, 0) is 37.5 Å². The molecule has 0 bridgehead atoms. The van der Waals surface area contributed by atoms with E-state index in [1.165, 1.54) is 28.6 Å². The van der Waals surface area contributed by atoms with Gasteiger partial charge in [0.1, 0.15) is 5.82 Å². The number of nitrogens with zero attached hydrogens (tertiary/aromatic N) is 1. The van der Waals surface area contributed by atoms with Crippen LogP contribution in [-0.2, 0) is 15.8 Å². The lowest BCUT2D eigenvalue weighted by atomic mass is 9.95. The molecule has 1 aliphatic rings. The quantitative estimate of drug-likeness (QED) is 0.916. The fourth-order valence-electron chi connectivity index (χ4n) is 2.13. The van der Waals surface area contributed by atoms with Crippen LogP contribution in [-0.4, -0.2) is 36.5 Å². The number of benzene rings is 1. The van der Waals surface area contributed by atoms with Crippen LogP contribution >= 0.6 is 0 Å². The highest BCUT2D eigenvalue weighted by atomic mass is 32.2. The summed E-state index contributed by atoms with van der Waals surface area (Å²) in [6.07, 6.45) is 0.880. The van der Waals surface area contributed by atoms with Crippen LogP contribution in [0.25, 0.3) is 0 Å². The molecule has 0 amide bonds. The minimum Gasteiger partial charge on any atom is -0.390 e. The van der Waals surface area contributed by atoms with Crippen LogP contribution in [0.3, 0.4) is 0 Å². The zero-order chi connectivity index (χ0) is 14.1. The Balaban J connectivity index is 2.05. The molecule has 1 aromatic carbocycles. The van der Waals surface area contributed by atoms with E-state index in [9.17, 15) is 17.9 Å². The predicted molar refractivity (Wildman–Crippen MR) is 70.5 cm³/mol. The van der Waals surface area contributed by atoms with Crippen molar-refractivity contribution in [2.45, 2.75) is 31.1 Å². The molecule has 1 N–H and O–H groups in total. The lowest BCUT2D eigenvalue weighted by Crippen LogP contribution is -2.45. The molecule has 0 aromatic heterocycles. The van der Waals surface area contributed by atoms with Gasteiger partial charge in [-0.1, -0.05) is 12.1 Å². The summed E-state index contributed by atoms with van der Waals surface area (Å²) in [5, 5.41) is 9.82. The number of hydrogen-bond donors (Lipinski definition) is 1. The molecule has 1 fully saturated rings. The van der Waals surface area contributed by atoms with Crippen molar-refractivity contribution >= 4 is 10.0 Å². The minimum atomic E-state index is -3.40. The molecule has 0 unspecified atom stereocenters. The van der Waals surface area contributed by atoms with Crippen LogP contribution in [0.15, 0.2) is 24.3 Å². The van der Waals surface area contributed by atoms with E-state index in [1.807, 2.05) is 0 Å². The maximum Gasteiger partial charge on any atom is 0.218 e. The molecule has 0 radical (unpaired) electrons. The zero-order valence-electron chi connectivity index (χ0n) is 10.8. The molecule has 1 aliphatic heterocycles. The largest absolute Gasteiger partial charge is 0.390 e. The van der Waals surface area contributed by atoms with Gasteiger partial charge in [0.15, 0.2) is 0 Å². The van der Waals surface area contributed by atoms with Crippen molar-refractivity contribution < 1.29 is 17.9 Å². The van der Waals surface area contributed by atoms with Crippen LogP contribution in [0.2, 0.25) is 0 Å². The van der Waals surface area contributed by atoms with Gasteiger partial charge >= 0.3 is 0 Å². The summed E-state index contributed by atoms with van der Waals surface area (Å²) in [7, 11) is -3.40. The average molecular weight is 287 g/mol. The summed E-state index contributed by atoms with van der Waals surface area (Å²) < 4.78 is 38.6. The Hall–Kier alpha value is -0.980. The van der Waals surface area contributed by atoms with E-state index in [-0.39, 0.29) is 11.6 Å². The molecule has 19 heavy (non-hydrogen) atoms. The van der Waals surface area contributed by atoms with Crippen molar-refractivity contribution in [2.75, 3.05) is 13.1 Å². The number of sulfonamides is 1. The highest BCUT2D eigenvalue weighted by Crippen LogP contribution is 2.24. The molecule has 0 aliphatic carbocycles. The van der Waals surface area contributed by atoms with E-state index in [0.717, 1.165) is 0 Å². The summed E-state index contributed by atoms with van der Waals surface area (Å²) >= 11 is 0. The van der Waals surface area contributed by atoms with Gasteiger partial charge in [-0.25, -0.2) is 17.1 Å². The fraction of sp³-hybridized carbons (Fsp3) is 0.538. The number of piperidine rings is 1. The molecule has 1 aromatic rings. The van der Waals surface area contributed by atoms with Gasteiger partial charge in [0.05, 0.1) is 11.4 Å². The first kappa shape index (κ1) is 14.4. The highest BCUT2D eigenvalue weighted by Gasteiger charge is 2.33. The second-order valence-electron chi connectivity index (χ2n) is 5.28. The molecular weight excluding hydrogens is 269 g/mol. The van der Waals surface area contributed by atoms with Crippen LogP contribution in [0.1, 0.15) is 25.3 Å². The van der Waals surface area contributed by atoms with Crippen LogP contribution in [0, 0.1) is 5.82 Å². The second kappa shape index (κ2) is 5.19. The van der Waals surface area contributed by atoms with E-state index in [2.05, 4.69) is 0 Å². The number of halogens is 1. The Labute approximate surface area is 112 Å². The molecule has 6 heteroatoms. The lowest BCUT2D eigenvalue weighted by molar-refractivity contribution is 0.0126. The topological polar surface area (TPSA) is 57.6 Å². The van der Waals surface area contributed by atoms with Gasteiger partial charge in [-0.2, -0.15) is 0 Å². The summed E-state index contributed by atoms with van der Waals surface area (Å²) in [5.74, 6) is -0.509. The van der Waals surface area contributed by atoms with Gasteiger partial charge in [0, 0.05) is 13.1 Å². The Bertz CT molecular complexity index is 530. The van der Waals surface area contributed by atoms with Gasteiger partial charge < -0.3 is 5.11 Å². The van der Waals surface area contributed by atoms with Gasteiger partial charge in [-0.15, -0.1) is 0 Å². The summed E-state index contributed by atoms with van der Waals surface area (Å²) in [6, 6.07) is 5.47. The van der Waals surface area contributed by atoms with Crippen LogP contribution in [0.4, 0.5) is 4.39 Å². The van der Waals surface area contributed by atoms with E-state index in [4.69, 9.17) is 0 Å². The summed E-state index contributed by atoms with van der Waals surface area (Å²) in [4.78, 5) is 0. The molecule has 106 valence electrons. The van der Waals surface area contributed by atoms with Gasteiger partial charge in [0.2, 0.25) is 10.0 Å². The normalized spacial score (nSPS) is 20.4. The molecular formula is C13H18FNO3S. The Kier molecular flexibility index (Phi) is 3.94. The van der Waals surface area contributed by atoms with Crippen molar-refractivity contribution in [2.24, 2.45) is 0 Å². The van der Waals surface area contributed by atoms with Crippen molar-refractivity contribution in [3.05, 3.63) is 35.6 Å². The van der Waals surface area contributed by atoms with Gasteiger partial charge in [0.25, 0.3) is 0 Å². The van der Waals surface area contributed by atoms with Crippen LogP contribution in [0.5, 0.6) is 0 Å². The predicted octanol–water partition coefficient (Wildman–Crippen LogP) is 1.50. The Morgan fingerprint density at radius 2 is 1.79 bits per heavy atom. The van der Waals surface area contributed by atoms with E-state index in [0.29, 0.717) is 31.5 Å². The first-order valence-corrected chi connectivity index (χ1v) is 7.84. The van der Waals surface area contributed by atoms with Crippen molar-refractivity contribution in [3.8, 4) is 0 Å². The van der Waals surface area contributed by atoms with Crippen molar-refractivity contribution in [1.82, 2.24) is 4.31 Å². The highest BCUT2D eigenvalue weighted by molar-refractivity contribution is 7.88. The Morgan fingerprint density at radius 3 is 2.32 bits per heavy atom. The molecule has 4 nitrogen and oxygen atoms in total. The third kappa shape index (κ3) is 3.75. The first-order valence-electron chi connectivity index (χ1n) is 6.23. The molecule has 0 spiro atoms. The SMILES string of the molecule is CC1(O)CCN(S(=O)(=O)Cc2ccc(F)cc2)CC1. The number of aliphatic hydroxyl groups is 1.